The third kappa shape index (κ3) is 4.88. The summed E-state index contributed by atoms with van der Waals surface area (Å²) < 4.78 is 82.5. The third-order valence-electron chi connectivity index (χ3n) is 4.05. The van der Waals surface area contributed by atoms with Gasteiger partial charge in [0.15, 0.2) is 0 Å². The van der Waals surface area contributed by atoms with E-state index in [4.69, 9.17) is 4.74 Å². The molecule has 0 saturated heterocycles. The Morgan fingerprint density at radius 1 is 0.690 bits per heavy atom. The number of alkyl halides is 6. The zero-order valence-electron chi connectivity index (χ0n) is 14.9. The van der Waals surface area contributed by atoms with Crippen LogP contribution in [-0.4, -0.2) is 12.1 Å². The average Bonchev–Trinajstić information content (AvgIpc) is 2.68. The fraction of sp³-hybridized carbons (Fsp3) is 0.150. The Morgan fingerprint density at radius 2 is 1.14 bits per heavy atom. The van der Waals surface area contributed by atoms with Crippen molar-refractivity contribution >= 4 is 24.0 Å². The number of rotatable bonds is 4. The van der Waals surface area contributed by atoms with Crippen LogP contribution in [0.15, 0.2) is 66.7 Å². The van der Waals surface area contributed by atoms with Gasteiger partial charge in [-0.1, -0.05) is 30.3 Å². The largest absolute Gasteiger partial charge is 0.481 e. The van der Waals surface area contributed by atoms with E-state index in [2.05, 4.69) is 4.98 Å². The number of pyridine rings is 1. The van der Waals surface area contributed by atoms with Gasteiger partial charge in [-0.25, -0.2) is 4.98 Å². The van der Waals surface area contributed by atoms with Crippen LogP contribution in [0.4, 0.5) is 26.3 Å². The van der Waals surface area contributed by atoms with Crippen molar-refractivity contribution in [1.29, 1.82) is 0 Å². The molecule has 0 saturated carbocycles. The van der Waals surface area contributed by atoms with E-state index in [1.807, 2.05) is 0 Å². The standard InChI is InChI=1S/C20H14F6NOP/c1-28-17-3-2-4-18(27-17)29(15-9-5-13(6-10-15)19(21,22)23)16-11-7-14(8-12-16)20(24,25)26/h2-12H,1H3. The van der Waals surface area contributed by atoms with Crippen molar-refractivity contribution < 1.29 is 31.1 Å². The number of methoxy groups -OCH3 is 1. The fourth-order valence-electron chi connectivity index (χ4n) is 2.65. The van der Waals surface area contributed by atoms with Crippen LogP contribution >= 0.6 is 7.92 Å². The predicted molar refractivity (Wildman–Crippen MR) is 99.5 cm³/mol. The maximum Gasteiger partial charge on any atom is 0.416 e. The van der Waals surface area contributed by atoms with Crippen LogP contribution in [0.5, 0.6) is 5.88 Å². The van der Waals surface area contributed by atoms with Crippen LogP contribution in [0.3, 0.4) is 0 Å². The summed E-state index contributed by atoms with van der Waals surface area (Å²) in [5.41, 5.74) is -1.11. The molecule has 3 rings (SSSR count). The highest BCUT2D eigenvalue weighted by molar-refractivity contribution is 7.79. The molecule has 0 radical (unpaired) electrons. The van der Waals surface area contributed by atoms with Crippen LogP contribution in [0.25, 0.3) is 0 Å². The molecule has 0 aliphatic rings. The zero-order chi connectivity index (χ0) is 21.2. The van der Waals surface area contributed by atoms with Gasteiger partial charge < -0.3 is 4.74 Å². The SMILES string of the molecule is COc1cccc(P(c2ccc(C(F)(F)F)cc2)c2ccc(C(F)(F)F)cc2)n1. The molecule has 9 heteroatoms. The minimum absolute atomic E-state index is 0.300. The van der Waals surface area contributed by atoms with Gasteiger partial charge in [0.05, 0.1) is 23.7 Å². The first-order valence-electron chi connectivity index (χ1n) is 8.25. The summed E-state index contributed by atoms with van der Waals surface area (Å²) in [6.07, 6.45) is -8.96. The molecule has 152 valence electrons. The number of ether oxygens (including phenoxy) is 1. The molecule has 0 amide bonds. The number of hydrogen-bond acceptors (Lipinski definition) is 2. The first kappa shape index (κ1) is 21.1. The summed E-state index contributed by atoms with van der Waals surface area (Å²) in [6.45, 7) is 0. The van der Waals surface area contributed by atoms with Gasteiger partial charge in [0.25, 0.3) is 0 Å². The molecule has 0 N–H and O–H groups in total. The molecule has 2 aromatic carbocycles. The topological polar surface area (TPSA) is 22.1 Å². The lowest BCUT2D eigenvalue weighted by Crippen LogP contribution is -2.23. The van der Waals surface area contributed by atoms with Gasteiger partial charge in [-0.05, 0) is 40.9 Å². The number of halogens is 6. The molecule has 0 aliphatic heterocycles. The summed E-state index contributed by atoms with van der Waals surface area (Å²) in [6, 6.07) is 14.1. The van der Waals surface area contributed by atoms with Crippen LogP contribution < -0.4 is 20.8 Å². The zero-order valence-corrected chi connectivity index (χ0v) is 15.8. The van der Waals surface area contributed by atoms with Gasteiger partial charge in [-0.2, -0.15) is 26.3 Å². The summed E-state index contributed by atoms with van der Waals surface area (Å²) in [7, 11) is -0.0689. The van der Waals surface area contributed by atoms with E-state index in [1.54, 1.807) is 18.2 Å². The molecule has 0 bridgehead atoms. The second-order valence-electron chi connectivity index (χ2n) is 5.96. The highest BCUT2D eigenvalue weighted by Gasteiger charge is 2.32. The molecule has 0 spiro atoms. The van der Waals surface area contributed by atoms with Gasteiger partial charge in [0.1, 0.15) is 0 Å². The van der Waals surface area contributed by atoms with Crippen molar-refractivity contribution in [3.8, 4) is 5.88 Å². The maximum absolute atomic E-state index is 12.9. The van der Waals surface area contributed by atoms with Gasteiger partial charge in [0, 0.05) is 14.0 Å². The van der Waals surface area contributed by atoms with Crippen LogP contribution in [0, 0.1) is 0 Å². The molecular weight excluding hydrogens is 415 g/mol. The molecule has 29 heavy (non-hydrogen) atoms. The van der Waals surface area contributed by atoms with Crippen LogP contribution in [0.2, 0.25) is 0 Å². The number of benzene rings is 2. The van der Waals surface area contributed by atoms with Gasteiger partial charge in [-0.3, -0.25) is 0 Å². The van der Waals surface area contributed by atoms with Crippen molar-refractivity contribution in [3.63, 3.8) is 0 Å². The molecule has 3 aromatic rings. The summed E-state index contributed by atoms with van der Waals surface area (Å²) in [4.78, 5) is 4.35. The highest BCUT2D eigenvalue weighted by Crippen LogP contribution is 2.36. The van der Waals surface area contributed by atoms with Crippen molar-refractivity contribution in [2.24, 2.45) is 0 Å². The number of nitrogens with zero attached hydrogens (tertiary/aromatic N) is 1. The van der Waals surface area contributed by atoms with Gasteiger partial charge >= 0.3 is 12.4 Å². The lowest BCUT2D eigenvalue weighted by molar-refractivity contribution is -0.138. The lowest BCUT2D eigenvalue weighted by Gasteiger charge is -2.20. The van der Waals surface area contributed by atoms with E-state index in [1.165, 1.54) is 31.4 Å². The van der Waals surface area contributed by atoms with Gasteiger partial charge in [-0.15, -0.1) is 0 Å². The molecule has 0 atom stereocenters. The monoisotopic (exact) mass is 429 g/mol. The van der Waals surface area contributed by atoms with E-state index in [0.717, 1.165) is 24.3 Å². The van der Waals surface area contributed by atoms with E-state index in [9.17, 15) is 26.3 Å². The normalized spacial score (nSPS) is 12.3. The molecule has 1 heterocycles. The van der Waals surface area contributed by atoms with Crippen molar-refractivity contribution in [1.82, 2.24) is 4.98 Å². The van der Waals surface area contributed by atoms with Crippen molar-refractivity contribution in [2.45, 2.75) is 12.4 Å². The minimum atomic E-state index is -4.48. The van der Waals surface area contributed by atoms with Crippen molar-refractivity contribution in [3.05, 3.63) is 77.9 Å². The van der Waals surface area contributed by atoms with Crippen LogP contribution in [0.1, 0.15) is 11.1 Å². The molecule has 1 aromatic heterocycles. The lowest BCUT2D eigenvalue weighted by atomic mass is 10.2. The molecule has 0 unspecified atom stereocenters. The Kier molecular flexibility index (Phi) is 5.85. The Hall–Kier alpha value is -2.60. The summed E-state index contributed by atoms with van der Waals surface area (Å²) in [5, 5.41) is 1.04. The average molecular weight is 429 g/mol. The van der Waals surface area contributed by atoms with Gasteiger partial charge in [0.2, 0.25) is 5.88 Å². The van der Waals surface area contributed by atoms with Crippen LogP contribution in [-0.2, 0) is 12.4 Å². The van der Waals surface area contributed by atoms with E-state index in [0.29, 0.717) is 21.9 Å². The number of hydrogen-bond donors (Lipinski definition) is 0. The molecule has 2 nitrogen and oxygen atoms in total. The Bertz CT molecular complexity index is 911. The first-order chi connectivity index (χ1) is 13.6. The fourth-order valence-corrected chi connectivity index (χ4v) is 4.81. The second-order valence-corrected chi connectivity index (χ2v) is 8.12. The quantitative estimate of drug-likeness (QED) is 0.436. The Labute approximate surface area is 163 Å². The number of aromatic nitrogens is 1. The van der Waals surface area contributed by atoms with E-state index >= 15 is 0 Å². The van der Waals surface area contributed by atoms with E-state index < -0.39 is 31.4 Å². The molecular formula is C20H14F6NOP. The van der Waals surface area contributed by atoms with Crippen molar-refractivity contribution in [2.75, 3.05) is 7.11 Å². The Morgan fingerprint density at radius 3 is 1.52 bits per heavy atom. The predicted octanol–water partition coefficient (Wildman–Crippen LogP) is 4.89. The highest BCUT2D eigenvalue weighted by atomic mass is 31.1. The summed E-state index contributed by atoms with van der Waals surface area (Å²) in [5.74, 6) is 0.300. The molecule has 0 fully saturated rings. The van der Waals surface area contributed by atoms with E-state index in [-0.39, 0.29) is 0 Å². The second kappa shape index (κ2) is 8.03. The third-order valence-corrected chi connectivity index (χ3v) is 6.39. The molecule has 0 aliphatic carbocycles. The smallest absolute Gasteiger partial charge is 0.416 e. The maximum atomic E-state index is 12.9. The first-order valence-corrected chi connectivity index (χ1v) is 9.59. The minimum Gasteiger partial charge on any atom is -0.481 e. The Balaban J connectivity index is 2.09. The summed E-state index contributed by atoms with van der Waals surface area (Å²) >= 11 is 0.